The van der Waals surface area contributed by atoms with Gasteiger partial charge in [0, 0.05) is 13.7 Å². The molecule has 6 aromatic rings. The number of hydrogen-bond donors (Lipinski definition) is 12. The number of nitrogens with two attached hydrogens (primary N) is 3. The third-order valence-corrected chi connectivity index (χ3v) is 18.6. The van der Waals surface area contributed by atoms with E-state index in [9.17, 15) is 62.7 Å². The molecule has 4 fully saturated rings. The molecular weight excluding hydrogens is 1180 g/mol. The number of H-pyrrole nitrogens is 2. The number of methoxy groups -OCH3 is 1. The highest BCUT2D eigenvalue weighted by atomic mass is 31.3. The summed E-state index contributed by atoms with van der Waals surface area (Å²) in [7, 11) is -17.5. The molecule has 17 atom stereocenters. The van der Waals surface area contributed by atoms with Gasteiger partial charge in [0.05, 0.1) is 45.6 Å². The molecule has 0 spiro atoms. The Labute approximate surface area is 451 Å². The summed E-state index contributed by atoms with van der Waals surface area (Å²) in [5.74, 6) is -0.652. The van der Waals surface area contributed by atoms with Crippen molar-refractivity contribution >= 4 is 82.5 Å². The molecule has 81 heavy (non-hydrogen) atoms. The number of ether oxygens (including phenoxy) is 5. The van der Waals surface area contributed by atoms with Crippen LogP contribution in [0.1, 0.15) is 25.1 Å². The van der Waals surface area contributed by atoms with Gasteiger partial charge in [0.1, 0.15) is 60.7 Å². The Balaban J connectivity index is 0.827. The second-order valence-electron chi connectivity index (χ2n) is 19.0. The summed E-state index contributed by atoms with van der Waals surface area (Å²) in [6.45, 7) is -3.01. The van der Waals surface area contributed by atoms with Crippen molar-refractivity contribution < 1.29 is 108 Å². The highest BCUT2D eigenvalue weighted by Gasteiger charge is 2.69. The van der Waals surface area contributed by atoms with Crippen molar-refractivity contribution in [3.8, 4) is 0 Å². The molecule has 7 unspecified atom stereocenters. The van der Waals surface area contributed by atoms with Crippen LogP contribution in [-0.2, 0) is 75.7 Å². The zero-order valence-electron chi connectivity index (χ0n) is 42.3. The highest BCUT2D eigenvalue weighted by Crippen LogP contribution is 2.68. The predicted molar refractivity (Wildman–Crippen MR) is 264 cm³/mol. The standard InChI is InChI=1S/C37H52N16O24P4/c1-49(2)6-5-16-37(25(56)24(73-16)34(74-37)53-13-50(3)19-29(53)46-36(40)48-31(19)58)9-70-80(63,64)77-81(65,66)76-79(61,62)69-8-15-22(23(67-4)33(72-15)51-11-43-17-26(38)41-10-42-27(17)51)75-78(59,60)68-7-14-20(54)21(55)32(71-14)52-12-44-18-28(52)45-35(39)47-30(18)57/h10-16,20-25,32-34,54-56H,5-9H2,1-4H3,(H11-,38,39,40,41,42,45,46,47,48,57,58,59,60,61,62,63,64,65,66)/p+1/t14-,15-,16+,20?,21+,22?,23+,24?,25-,32-,33-,34-,37+/m1/s1. The van der Waals surface area contributed by atoms with Crippen LogP contribution >= 0.6 is 31.3 Å². The normalized spacial score (nSPS) is 31.6. The molecule has 4 aliphatic heterocycles. The Morgan fingerprint density at radius 3 is 2.10 bits per heavy atom. The molecule has 444 valence electrons. The number of hydrogen-bond acceptors (Lipinski definition) is 30. The van der Waals surface area contributed by atoms with E-state index in [1.807, 2.05) is 0 Å². The molecule has 0 amide bonds. The van der Waals surface area contributed by atoms with E-state index in [1.54, 1.807) is 19.0 Å². The van der Waals surface area contributed by atoms with Crippen molar-refractivity contribution in [2.75, 3.05) is 64.8 Å². The topological polar surface area (TPSA) is 554 Å². The number of phosphoric ester groups is 3. The van der Waals surface area contributed by atoms with Gasteiger partial charge in [0.15, 0.2) is 47.0 Å². The predicted octanol–water partition coefficient (Wildman–Crippen LogP) is -3.98. The SMILES string of the molecule is CO[C@H]1C(OP(=O)(O)OC[C@H]2O[C@@H](n3cnc4c(=O)[nH]c(N)nc43)[C@@H](O)C2O)[C@@H](COP(=O)(O)OP(=O)(O)OP(=O)(O)OC[C@]23O[C@@H]([n+]4cn(C)c5c(=O)[nH]c(N)nc54)C(O[C@H]2CCN(C)C)[C@H]3O)O[C@H]1n1cnc2c(N)ncnc21. The van der Waals surface area contributed by atoms with Crippen LogP contribution in [0, 0.1) is 0 Å². The summed E-state index contributed by atoms with van der Waals surface area (Å²) < 4.78 is 118. The monoisotopic (exact) mass is 1230 g/mol. The number of nitrogens with one attached hydrogen (secondary N) is 2. The van der Waals surface area contributed by atoms with Crippen LogP contribution in [0.15, 0.2) is 34.9 Å². The van der Waals surface area contributed by atoms with E-state index in [2.05, 4.69) is 48.5 Å². The van der Waals surface area contributed by atoms with Crippen LogP contribution < -0.4 is 32.9 Å². The summed E-state index contributed by atoms with van der Waals surface area (Å²) in [5, 5.41) is 33.5. The molecule has 4 saturated heterocycles. The molecule has 0 saturated carbocycles. The van der Waals surface area contributed by atoms with E-state index in [-0.39, 0.29) is 57.6 Å². The molecular formula is C37H53N16O24P4+. The summed E-state index contributed by atoms with van der Waals surface area (Å²) in [4.78, 5) is 99.1. The summed E-state index contributed by atoms with van der Waals surface area (Å²) in [5.41, 5.74) is 13.9. The fourth-order valence-corrected chi connectivity index (χ4v) is 14.3. The first-order valence-corrected chi connectivity index (χ1v) is 29.6. The van der Waals surface area contributed by atoms with Crippen molar-refractivity contribution in [2.45, 2.75) is 85.6 Å². The Kier molecular flexibility index (Phi) is 15.9. The first-order valence-electron chi connectivity index (χ1n) is 23.6. The van der Waals surface area contributed by atoms with Gasteiger partial charge in [0.25, 0.3) is 17.1 Å². The number of aromatic nitrogens is 12. The quantitative estimate of drug-likeness (QED) is 0.0228. The number of phosphoric acid groups is 4. The molecule has 10 heterocycles. The van der Waals surface area contributed by atoms with Gasteiger partial charge in [-0.2, -0.15) is 13.6 Å². The third-order valence-electron chi connectivity index (χ3n) is 13.4. The van der Waals surface area contributed by atoms with Crippen LogP contribution in [-0.4, -0.2) is 201 Å². The van der Waals surface area contributed by atoms with Crippen LogP contribution in [0.5, 0.6) is 0 Å². The number of anilines is 3. The van der Waals surface area contributed by atoms with E-state index in [4.69, 9.17) is 59.0 Å². The second kappa shape index (κ2) is 21.8. The van der Waals surface area contributed by atoms with Gasteiger partial charge in [-0.3, -0.25) is 51.4 Å². The number of fused-ring (bicyclic) bond motifs is 5. The van der Waals surface area contributed by atoms with Crippen molar-refractivity contribution in [1.82, 2.24) is 58.5 Å². The Morgan fingerprint density at radius 2 is 1.40 bits per heavy atom. The van der Waals surface area contributed by atoms with Crippen molar-refractivity contribution in [2.24, 2.45) is 7.05 Å². The number of nitrogens with zero attached hydrogens (tertiary/aromatic N) is 11. The van der Waals surface area contributed by atoms with Crippen molar-refractivity contribution in [3.63, 3.8) is 0 Å². The zero-order valence-corrected chi connectivity index (χ0v) is 45.9. The van der Waals surface area contributed by atoms with Gasteiger partial charge in [-0.1, -0.05) is 4.98 Å². The minimum Gasteiger partial charge on any atom is -0.387 e. The fraction of sp³-hybridized carbons (Fsp3) is 0.595. The molecule has 0 aromatic carbocycles. The Morgan fingerprint density at radius 1 is 0.765 bits per heavy atom. The maximum atomic E-state index is 13.8. The maximum absolute atomic E-state index is 13.8. The van der Waals surface area contributed by atoms with Crippen LogP contribution in [0.25, 0.3) is 33.5 Å². The zero-order chi connectivity index (χ0) is 58.5. The van der Waals surface area contributed by atoms with Gasteiger partial charge in [-0.05, 0) is 20.5 Å². The van der Waals surface area contributed by atoms with Gasteiger partial charge in [0.2, 0.25) is 17.7 Å². The third kappa shape index (κ3) is 11.4. The van der Waals surface area contributed by atoms with Crippen LogP contribution in [0.2, 0.25) is 0 Å². The lowest BCUT2D eigenvalue weighted by atomic mass is 9.91. The van der Waals surface area contributed by atoms with Gasteiger partial charge >= 0.3 is 36.9 Å². The van der Waals surface area contributed by atoms with E-state index in [0.717, 1.165) is 30.7 Å². The molecule has 44 heteroatoms. The molecule has 10 rings (SSSR count). The lowest BCUT2D eigenvalue weighted by Gasteiger charge is -2.37. The maximum Gasteiger partial charge on any atom is 0.490 e. The summed E-state index contributed by atoms with van der Waals surface area (Å²) in [6, 6.07) is 0. The van der Waals surface area contributed by atoms with Crippen molar-refractivity contribution in [3.05, 3.63) is 46.0 Å². The van der Waals surface area contributed by atoms with E-state index >= 15 is 0 Å². The van der Waals surface area contributed by atoms with Crippen molar-refractivity contribution in [1.29, 1.82) is 0 Å². The van der Waals surface area contributed by atoms with E-state index in [1.165, 1.54) is 27.1 Å². The molecule has 0 radical (unpaired) electrons. The average molecular weight is 1230 g/mol. The molecule has 0 aliphatic carbocycles. The highest BCUT2D eigenvalue weighted by molar-refractivity contribution is 7.66. The minimum atomic E-state index is -6.24. The molecule has 40 nitrogen and oxygen atoms in total. The van der Waals surface area contributed by atoms with Gasteiger partial charge < -0.3 is 80.7 Å². The Bertz CT molecular complexity index is 3700. The van der Waals surface area contributed by atoms with Crippen LogP contribution in [0.4, 0.5) is 17.7 Å². The van der Waals surface area contributed by atoms with Gasteiger partial charge in [-0.25, -0.2) is 42.8 Å². The smallest absolute Gasteiger partial charge is 0.387 e. The van der Waals surface area contributed by atoms with Crippen LogP contribution in [0.3, 0.4) is 0 Å². The Hall–Kier alpha value is -5.19. The van der Waals surface area contributed by atoms with E-state index < -0.39 is 141 Å². The number of nitrogen functional groups attached to an aromatic ring is 3. The fourth-order valence-electron chi connectivity index (χ4n) is 9.83. The van der Waals surface area contributed by atoms with Gasteiger partial charge in [-0.15, -0.1) is 0 Å². The number of imidazole rings is 3. The lowest BCUT2D eigenvalue weighted by Crippen LogP contribution is -2.55. The first-order chi connectivity index (χ1) is 38.0. The summed E-state index contributed by atoms with van der Waals surface area (Å²) in [6.07, 6.45) is -13.9. The number of aromatic amines is 2. The molecule has 6 aromatic heterocycles. The molecule has 4 aliphatic rings. The first kappa shape index (κ1) is 59.0. The number of aliphatic hydroxyl groups is 3. The second-order valence-corrected chi connectivity index (χ2v) is 25.0. The largest absolute Gasteiger partial charge is 0.490 e. The lowest BCUT2D eigenvalue weighted by molar-refractivity contribution is -0.753. The summed E-state index contributed by atoms with van der Waals surface area (Å²) >= 11 is 0. The molecule has 15 N–H and O–H groups in total. The van der Waals surface area contributed by atoms with E-state index in [0.29, 0.717) is 6.54 Å². The number of rotatable bonds is 22. The number of aliphatic hydroxyl groups excluding tert-OH is 3. The average Bonchev–Trinajstić information content (AvgIpc) is 4.38. The molecule has 2 bridgehead atoms. The number of aryl methyl sites for hydroxylation is 1. The minimum absolute atomic E-state index is 0.00553.